The van der Waals surface area contributed by atoms with Gasteiger partial charge in [0.15, 0.2) is 0 Å². The van der Waals surface area contributed by atoms with Gasteiger partial charge in [0, 0.05) is 10.4 Å². The fourth-order valence-electron chi connectivity index (χ4n) is 2.96. The maximum Gasteiger partial charge on any atom is 0.285 e. The molecule has 0 bridgehead atoms. The lowest BCUT2D eigenvalue weighted by Gasteiger charge is -2.10. The molecule has 4 aromatic rings. The third kappa shape index (κ3) is 2.82. The summed E-state index contributed by atoms with van der Waals surface area (Å²) in [5, 5.41) is 14.8. The van der Waals surface area contributed by atoms with E-state index in [9.17, 15) is 14.7 Å². The number of nitrogens with zero attached hydrogens (tertiary/aromatic N) is 2. The Morgan fingerprint density at radius 2 is 1.93 bits per heavy atom. The Balaban J connectivity index is 2.01. The predicted molar refractivity (Wildman–Crippen MR) is 103 cm³/mol. The van der Waals surface area contributed by atoms with Crippen LogP contribution in [-0.4, -0.2) is 26.5 Å². The number of ether oxygens (including phenoxy) is 1. The number of aromatic hydroxyl groups is 1. The molecule has 0 amide bonds. The van der Waals surface area contributed by atoms with Crippen LogP contribution in [0.15, 0.2) is 52.1 Å². The number of halogens is 1. The topological polar surface area (TPSA) is 97.2 Å². The van der Waals surface area contributed by atoms with E-state index in [0.717, 1.165) is 4.68 Å². The quantitative estimate of drug-likeness (QED) is 0.530. The van der Waals surface area contributed by atoms with Gasteiger partial charge in [-0.2, -0.15) is 4.68 Å². The number of nitrogens with one attached hydrogen (secondary N) is 1. The second kappa shape index (κ2) is 6.44. The van der Waals surface area contributed by atoms with E-state index in [2.05, 4.69) is 10.1 Å². The number of rotatable bonds is 3. The van der Waals surface area contributed by atoms with Crippen LogP contribution in [0.3, 0.4) is 0 Å². The molecule has 0 spiro atoms. The van der Waals surface area contributed by atoms with Crippen LogP contribution in [0.25, 0.3) is 27.5 Å². The minimum Gasteiger partial charge on any atom is -0.494 e. The van der Waals surface area contributed by atoms with E-state index in [1.165, 1.54) is 6.07 Å². The van der Waals surface area contributed by atoms with Crippen molar-refractivity contribution in [3.63, 3.8) is 0 Å². The van der Waals surface area contributed by atoms with Crippen molar-refractivity contribution >= 4 is 33.4 Å². The van der Waals surface area contributed by atoms with Crippen molar-refractivity contribution in [2.75, 3.05) is 6.61 Å². The molecule has 2 aromatic carbocycles. The highest BCUT2D eigenvalue weighted by Crippen LogP contribution is 2.22. The molecule has 0 aliphatic heterocycles. The van der Waals surface area contributed by atoms with Gasteiger partial charge < -0.3 is 14.8 Å². The first-order chi connectivity index (χ1) is 13.0. The summed E-state index contributed by atoms with van der Waals surface area (Å²) < 4.78 is 6.37. The number of benzene rings is 2. The molecular formula is C19H14ClN3O4. The zero-order chi connectivity index (χ0) is 19.1. The Morgan fingerprint density at radius 1 is 1.19 bits per heavy atom. The van der Waals surface area contributed by atoms with Crippen molar-refractivity contribution < 1.29 is 9.84 Å². The van der Waals surface area contributed by atoms with Crippen LogP contribution in [-0.2, 0) is 0 Å². The number of fused-ring (bicyclic) bond motifs is 2. The summed E-state index contributed by atoms with van der Waals surface area (Å²) in [4.78, 5) is 28.7. The fraction of sp³-hybridized carbons (Fsp3) is 0.105. The molecule has 0 fully saturated rings. The van der Waals surface area contributed by atoms with Crippen LogP contribution in [0.1, 0.15) is 6.92 Å². The molecule has 7 nitrogen and oxygen atoms in total. The minimum atomic E-state index is -0.634. The molecule has 0 radical (unpaired) electrons. The summed E-state index contributed by atoms with van der Waals surface area (Å²) in [6.45, 7) is 2.38. The largest absolute Gasteiger partial charge is 0.494 e. The molecule has 2 N–H and O–H groups in total. The molecule has 0 atom stereocenters. The smallest absolute Gasteiger partial charge is 0.285 e. The molecule has 0 aliphatic carbocycles. The second-order valence-corrected chi connectivity index (χ2v) is 6.30. The van der Waals surface area contributed by atoms with Crippen LogP contribution in [0.4, 0.5) is 0 Å². The van der Waals surface area contributed by atoms with Crippen molar-refractivity contribution in [1.29, 1.82) is 0 Å². The second-order valence-electron chi connectivity index (χ2n) is 5.86. The van der Waals surface area contributed by atoms with Gasteiger partial charge in [-0.05, 0) is 49.4 Å². The van der Waals surface area contributed by atoms with E-state index >= 15 is 0 Å². The van der Waals surface area contributed by atoms with E-state index < -0.39 is 16.9 Å². The third-order valence-electron chi connectivity index (χ3n) is 4.18. The lowest BCUT2D eigenvalue weighted by molar-refractivity contribution is 0.340. The molecule has 0 saturated heterocycles. The summed E-state index contributed by atoms with van der Waals surface area (Å²) in [7, 11) is 0. The number of H-pyrrole nitrogens is 1. The van der Waals surface area contributed by atoms with E-state index in [1.54, 1.807) is 36.4 Å². The van der Waals surface area contributed by atoms with E-state index in [0.29, 0.717) is 34.0 Å². The molecule has 27 heavy (non-hydrogen) atoms. The Hall–Kier alpha value is -3.32. The first-order valence-electron chi connectivity index (χ1n) is 8.20. The predicted octanol–water partition coefficient (Wildman–Crippen LogP) is 2.98. The van der Waals surface area contributed by atoms with Gasteiger partial charge in [0.25, 0.3) is 11.4 Å². The summed E-state index contributed by atoms with van der Waals surface area (Å²) >= 11 is 5.96. The zero-order valence-corrected chi connectivity index (χ0v) is 14.9. The Morgan fingerprint density at radius 3 is 2.63 bits per heavy atom. The van der Waals surface area contributed by atoms with Crippen LogP contribution in [0, 0.1) is 0 Å². The fourth-order valence-corrected chi connectivity index (χ4v) is 3.13. The van der Waals surface area contributed by atoms with Gasteiger partial charge in [0.05, 0.1) is 17.8 Å². The number of aromatic amines is 1. The van der Waals surface area contributed by atoms with Gasteiger partial charge in [-0.3, -0.25) is 9.59 Å². The maximum absolute atomic E-state index is 12.9. The van der Waals surface area contributed by atoms with Gasteiger partial charge in [0.1, 0.15) is 16.7 Å². The molecular weight excluding hydrogens is 370 g/mol. The van der Waals surface area contributed by atoms with Crippen LogP contribution < -0.4 is 15.7 Å². The van der Waals surface area contributed by atoms with Gasteiger partial charge >= 0.3 is 0 Å². The number of pyridine rings is 1. The maximum atomic E-state index is 12.9. The normalized spacial score (nSPS) is 11.2. The van der Waals surface area contributed by atoms with Gasteiger partial charge in [0.2, 0.25) is 5.43 Å². The SMILES string of the molecule is CCOc1ccc(-n2nc(O)c3[nH]c4cc(Cl)ccc4c(=O)c3c2=O)cc1. The monoisotopic (exact) mass is 383 g/mol. The molecule has 0 unspecified atom stereocenters. The Labute approximate surface area is 157 Å². The number of aromatic nitrogens is 3. The number of hydrogen-bond donors (Lipinski definition) is 2. The van der Waals surface area contributed by atoms with Crippen molar-refractivity contribution in [3.05, 3.63) is 68.1 Å². The third-order valence-corrected chi connectivity index (χ3v) is 4.41. The molecule has 136 valence electrons. The minimum absolute atomic E-state index is 0.0260. The van der Waals surface area contributed by atoms with Crippen LogP contribution >= 0.6 is 11.6 Å². The first-order valence-corrected chi connectivity index (χ1v) is 8.58. The Bertz CT molecular complexity index is 1290. The van der Waals surface area contributed by atoms with Gasteiger partial charge in [-0.1, -0.05) is 11.6 Å². The standard InChI is InChI=1S/C19H14ClN3O4/c1-2-27-12-6-4-11(5-7-12)23-19(26)15-16(18(25)22-23)21-14-9-10(20)3-8-13(14)17(15)24/h3-9H,2H2,1H3,(H,21,24)(H,22,25). The molecule has 0 aliphatic rings. The lowest BCUT2D eigenvalue weighted by Crippen LogP contribution is -2.26. The summed E-state index contributed by atoms with van der Waals surface area (Å²) in [5.74, 6) is 0.178. The molecule has 8 heteroatoms. The molecule has 2 aromatic heterocycles. The van der Waals surface area contributed by atoms with E-state index in [4.69, 9.17) is 16.3 Å². The Kier molecular flexibility index (Phi) is 4.08. The lowest BCUT2D eigenvalue weighted by atomic mass is 10.1. The van der Waals surface area contributed by atoms with Crippen molar-refractivity contribution in [1.82, 2.24) is 14.8 Å². The summed E-state index contributed by atoms with van der Waals surface area (Å²) in [5.41, 5.74) is -0.351. The highest BCUT2D eigenvalue weighted by Gasteiger charge is 2.17. The van der Waals surface area contributed by atoms with E-state index in [1.807, 2.05) is 6.92 Å². The van der Waals surface area contributed by atoms with Gasteiger partial charge in [-0.15, -0.1) is 5.10 Å². The molecule has 2 heterocycles. The molecule has 4 rings (SSSR count). The van der Waals surface area contributed by atoms with E-state index in [-0.39, 0.29) is 10.9 Å². The average molecular weight is 384 g/mol. The van der Waals surface area contributed by atoms with Crippen molar-refractivity contribution in [3.8, 4) is 17.3 Å². The zero-order valence-electron chi connectivity index (χ0n) is 14.2. The molecule has 0 saturated carbocycles. The van der Waals surface area contributed by atoms with Crippen molar-refractivity contribution in [2.24, 2.45) is 0 Å². The average Bonchev–Trinajstić information content (AvgIpc) is 2.65. The van der Waals surface area contributed by atoms with Crippen LogP contribution in [0.5, 0.6) is 11.6 Å². The highest BCUT2D eigenvalue weighted by molar-refractivity contribution is 6.31. The van der Waals surface area contributed by atoms with Crippen LogP contribution in [0.2, 0.25) is 5.02 Å². The number of hydrogen-bond acceptors (Lipinski definition) is 5. The highest BCUT2D eigenvalue weighted by atomic mass is 35.5. The summed E-state index contributed by atoms with van der Waals surface area (Å²) in [6, 6.07) is 11.3. The van der Waals surface area contributed by atoms with Crippen molar-refractivity contribution in [2.45, 2.75) is 6.92 Å². The van der Waals surface area contributed by atoms with Gasteiger partial charge in [-0.25, -0.2) is 0 Å². The first kappa shape index (κ1) is 17.1. The summed E-state index contributed by atoms with van der Waals surface area (Å²) in [6.07, 6.45) is 0.